The maximum absolute atomic E-state index is 11.5. The molecular formula is C11H21NO7. The molecule has 0 aliphatic carbocycles. The van der Waals surface area contributed by atoms with Gasteiger partial charge in [-0.2, -0.15) is 0 Å². The summed E-state index contributed by atoms with van der Waals surface area (Å²) in [6.07, 6.45) is -1.01. The quantitative estimate of drug-likeness (QED) is 0.421. The molecule has 19 heavy (non-hydrogen) atoms. The maximum Gasteiger partial charge on any atom is 0.528 e. The Morgan fingerprint density at radius 3 is 2.21 bits per heavy atom. The summed E-state index contributed by atoms with van der Waals surface area (Å²) in [5, 5.41) is 9.99. The molecule has 0 spiro atoms. The van der Waals surface area contributed by atoms with Crippen molar-refractivity contribution in [2.75, 3.05) is 27.6 Å². The van der Waals surface area contributed by atoms with E-state index >= 15 is 0 Å². The van der Waals surface area contributed by atoms with E-state index < -0.39 is 30.4 Å². The molecule has 1 atom stereocenters. The van der Waals surface area contributed by atoms with Gasteiger partial charge in [0.15, 0.2) is 6.04 Å². The molecule has 112 valence electrons. The lowest BCUT2D eigenvalue weighted by Crippen LogP contribution is -2.47. The maximum atomic E-state index is 11.5. The molecule has 0 radical (unpaired) electrons. The number of methoxy groups -OCH3 is 2. The molecule has 0 aliphatic rings. The lowest BCUT2D eigenvalue weighted by Gasteiger charge is -2.27. The first-order chi connectivity index (χ1) is 8.75. The van der Waals surface area contributed by atoms with Crippen LogP contribution in [0.5, 0.6) is 0 Å². The summed E-state index contributed by atoms with van der Waals surface area (Å²) < 4.78 is 14.2. The van der Waals surface area contributed by atoms with Crippen LogP contribution in [0.3, 0.4) is 0 Å². The van der Waals surface area contributed by atoms with E-state index in [-0.39, 0.29) is 6.73 Å². The topological polar surface area (TPSA) is 94.5 Å². The van der Waals surface area contributed by atoms with Crippen molar-refractivity contribution in [2.24, 2.45) is 0 Å². The first kappa shape index (κ1) is 17.6. The van der Waals surface area contributed by atoms with Crippen LogP contribution in [0.4, 0.5) is 4.79 Å². The average Bonchev–Trinajstić information content (AvgIpc) is 2.27. The zero-order valence-corrected chi connectivity index (χ0v) is 11.8. The van der Waals surface area contributed by atoms with Crippen LogP contribution in [0.1, 0.15) is 20.8 Å². The average molecular weight is 279 g/mol. The van der Waals surface area contributed by atoms with Crippen molar-refractivity contribution in [2.45, 2.75) is 32.4 Å². The molecule has 0 unspecified atom stereocenters. The summed E-state index contributed by atoms with van der Waals surface area (Å²) in [6, 6.07) is -1.18. The lowest BCUT2D eigenvalue weighted by atomic mass is 10.2. The zero-order chi connectivity index (χ0) is 15.1. The van der Waals surface area contributed by atoms with Crippen LogP contribution in [-0.2, 0) is 23.8 Å². The third-order valence-corrected chi connectivity index (χ3v) is 1.83. The lowest BCUT2D eigenvalue weighted by molar-refractivity contribution is -0.216. The van der Waals surface area contributed by atoms with Gasteiger partial charge in [-0.3, -0.25) is 4.79 Å². The number of hydrogen-bond donors (Lipinski definition) is 1. The minimum atomic E-state index is -1.18. The third-order valence-electron chi connectivity index (χ3n) is 1.83. The number of aliphatic hydroxyl groups excluding tert-OH is 1. The summed E-state index contributed by atoms with van der Waals surface area (Å²) in [6.45, 7) is 4.18. The molecule has 0 aromatic heterocycles. The number of carbonyl (C=O) groups excluding carboxylic acids is 2. The standard InChI is InChI=1S/C11H21NO7/c1-11(2,3)18-10(15)19-12(7-16-4)8(6-13)9(14)17-5/h8,13H,6-7H2,1-5H3/t8-/m0/s1. The van der Waals surface area contributed by atoms with E-state index in [1.807, 2.05) is 0 Å². The van der Waals surface area contributed by atoms with Crippen molar-refractivity contribution in [3.63, 3.8) is 0 Å². The highest BCUT2D eigenvalue weighted by atomic mass is 16.8. The Morgan fingerprint density at radius 1 is 1.26 bits per heavy atom. The SMILES string of the molecule is COCN(OC(=O)OC(C)(C)C)[C@@H](CO)C(=O)OC. The van der Waals surface area contributed by atoms with Gasteiger partial charge >= 0.3 is 12.1 Å². The Hall–Kier alpha value is -1.38. The Morgan fingerprint density at radius 2 is 1.84 bits per heavy atom. The predicted octanol–water partition coefficient (Wildman–Crippen LogP) is 0.293. The van der Waals surface area contributed by atoms with Crippen LogP contribution >= 0.6 is 0 Å². The van der Waals surface area contributed by atoms with E-state index in [1.165, 1.54) is 7.11 Å². The van der Waals surface area contributed by atoms with Gasteiger partial charge in [0.1, 0.15) is 12.3 Å². The first-order valence-electron chi connectivity index (χ1n) is 5.60. The second-order valence-electron chi connectivity index (χ2n) is 4.61. The summed E-state index contributed by atoms with van der Waals surface area (Å²) in [5.41, 5.74) is -0.740. The zero-order valence-electron chi connectivity index (χ0n) is 11.8. The smallest absolute Gasteiger partial charge is 0.468 e. The van der Waals surface area contributed by atoms with Gasteiger partial charge in [-0.25, -0.2) is 4.79 Å². The Labute approximate surface area is 112 Å². The predicted molar refractivity (Wildman–Crippen MR) is 63.9 cm³/mol. The number of hydrogen-bond acceptors (Lipinski definition) is 8. The highest BCUT2D eigenvalue weighted by Crippen LogP contribution is 2.11. The number of nitrogens with zero attached hydrogens (tertiary/aromatic N) is 1. The molecule has 8 heteroatoms. The van der Waals surface area contributed by atoms with Crippen molar-refractivity contribution in [3.8, 4) is 0 Å². The molecular weight excluding hydrogens is 258 g/mol. The fourth-order valence-electron chi connectivity index (χ4n) is 1.09. The van der Waals surface area contributed by atoms with E-state index in [0.717, 1.165) is 12.2 Å². The molecule has 0 aromatic carbocycles. The molecule has 1 N–H and O–H groups in total. The second kappa shape index (κ2) is 7.93. The van der Waals surface area contributed by atoms with Crippen LogP contribution < -0.4 is 0 Å². The molecule has 0 heterocycles. The summed E-state index contributed by atoms with van der Waals surface area (Å²) in [5.74, 6) is -0.761. The van der Waals surface area contributed by atoms with Crippen LogP contribution in [0.2, 0.25) is 0 Å². The van der Waals surface area contributed by atoms with E-state index in [4.69, 9.17) is 19.4 Å². The van der Waals surface area contributed by atoms with Crippen molar-refractivity contribution >= 4 is 12.1 Å². The third kappa shape index (κ3) is 6.94. The van der Waals surface area contributed by atoms with Gasteiger partial charge in [0.25, 0.3) is 0 Å². The molecule has 0 rings (SSSR count). The fraction of sp³-hybridized carbons (Fsp3) is 0.818. The molecule has 0 fully saturated rings. The minimum Gasteiger partial charge on any atom is -0.468 e. The molecule has 0 amide bonds. The van der Waals surface area contributed by atoms with Gasteiger partial charge < -0.3 is 24.2 Å². The molecule has 8 nitrogen and oxygen atoms in total. The summed E-state index contributed by atoms with van der Waals surface area (Å²) >= 11 is 0. The highest BCUT2D eigenvalue weighted by Gasteiger charge is 2.31. The normalized spacial score (nSPS) is 13.0. The largest absolute Gasteiger partial charge is 0.528 e. The van der Waals surface area contributed by atoms with Gasteiger partial charge in [0.05, 0.1) is 13.7 Å². The number of esters is 1. The number of carbonyl (C=O) groups is 2. The van der Waals surface area contributed by atoms with Crippen molar-refractivity contribution in [1.82, 2.24) is 5.06 Å². The van der Waals surface area contributed by atoms with Crippen molar-refractivity contribution < 1.29 is 33.7 Å². The van der Waals surface area contributed by atoms with Crippen LogP contribution in [0.15, 0.2) is 0 Å². The Kier molecular flexibility index (Phi) is 7.35. The second-order valence-corrected chi connectivity index (χ2v) is 4.61. The number of rotatable bonds is 6. The summed E-state index contributed by atoms with van der Waals surface area (Å²) in [7, 11) is 2.50. The van der Waals surface area contributed by atoms with Crippen molar-refractivity contribution in [1.29, 1.82) is 0 Å². The number of ether oxygens (including phenoxy) is 3. The monoisotopic (exact) mass is 279 g/mol. The number of hydroxylamine groups is 2. The van der Waals surface area contributed by atoms with E-state index in [1.54, 1.807) is 20.8 Å². The highest BCUT2D eigenvalue weighted by molar-refractivity contribution is 5.75. The van der Waals surface area contributed by atoms with Crippen LogP contribution in [0, 0.1) is 0 Å². The summed E-state index contributed by atoms with van der Waals surface area (Å²) in [4.78, 5) is 27.7. The van der Waals surface area contributed by atoms with E-state index in [9.17, 15) is 9.59 Å². The first-order valence-corrected chi connectivity index (χ1v) is 5.60. The fourth-order valence-corrected chi connectivity index (χ4v) is 1.09. The Balaban J connectivity index is 4.71. The molecule has 0 aromatic rings. The van der Waals surface area contributed by atoms with Gasteiger partial charge in [0.2, 0.25) is 0 Å². The van der Waals surface area contributed by atoms with Crippen LogP contribution in [0.25, 0.3) is 0 Å². The van der Waals surface area contributed by atoms with Gasteiger partial charge in [-0.1, -0.05) is 5.06 Å². The van der Waals surface area contributed by atoms with Crippen molar-refractivity contribution in [3.05, 3.63) is 0 Å². The Bertz CT molecular complexity index is 300. The molecule has 0 bridgehead atoms. The van der Waals surface area contributed by atoms with Crippen LogP contribution in [-0.4, -0.2) is 61.5 Å². The van der Waals surface area contributed by atoms with Gasteiger partial charge in [-0.15, -0.1) is 0 Å². The minimum absolute atomic E-state index is 0.223. The van der Waals surface area contributed by atoms with E-state index in [0.29, 0.717) is 0 Å². The molecule has 0 saturated heterocycles. The van der Waals surface area contributed by atoms with Gasteiger partial charge in [0, 0.05) is 7.11 Å². The number of aliphatic hydroxyl groups is 1. The van der Waals surface area contributed by atoms with E-state index in [2.05, 4.69) is 4.74 Å². The molecule has 0 saturated carbocycles. The molecule has 0 aliphatic heterocycles. The van der Waals surface area contributed by atoms with Gasteiger partial charge in [-0.05, 0) is 20.8 Å².